The summed E-state index contributed by atoms with van der Waals surface area (Å²) in [7, 11) is 4.51. The maximum atomic E-state index is 13.8. The number of hydrogen-bond acceptors (Lipinski definition) is 10. The highest BCUT2D eigenvalue weighted by Gasteiger charge is 2.34. The van der Waals surface area contributed by atoms with Crippen LogP contribution >= 0.6 is 11.3 Å². The molecule has 0 amide bonds. The number of hydrogen-bond donors (Lipinski definition) is 0. The molecule has 1 aliphatic heterocycles. The molecule has 1 atom stereocenters. The number of esters is 2. The molecular weight excluding hydrogens is 524 g/mol. The van der Waals surface area contributed by atoms with Gasteiger partial charge in [-0.25, -0.2) is 9.79 Å². The number of carbonyl (C=O) groups is 2. The summed E-state index contributed by atoms with van der Waals surface area (Å²) in [5.74, 6) is 0.547. The van der Waals surface area contributed by atoms with E-state index in [1.807, 2.05) is 0 Å². The van der Waals surface area contributed by atoms with Gasteiger partial charge in [-0.15, -0.1) is 0 Å². The van der Waals surface area contributed by atoms with Crippen LogP contribution in [0, 0.1) is 0 Å². The van der Waals surface area contributed by atoms with E-state index in [1.54, 1.807) is 56.3 Å². The highest BCUT2D eigenvalue weighted by Crippen LogP contribution is 2.36. The van der Waals surface area contributed by atoms with Crippen molar-refractivity contribution in [1.82, 2.24) is 4.57 Å². The molecule has 0 fully saturated rings. The molecule has 39 heavy (non-hydrogen) atoms. The zero-order valence-electron chi connectivity index (χ0n) is 22.4. The summed E-state index contributed by atoms with van der Waals surface area (Å²) in [6.45, 7) is 4.91. The molecule has 204 valence electrons. The number of methoxy groups -OCH3 is 3. The molecule has 1 aliphatic rings. The van der Waals surface area contributed by atoms with Crippen molar-refractivity contribution in [3.63, 3.8) is 0 Å². The predicted octanol–water partition coefficient (Wildman–Crippen LogP) is 2.75. The number of fused-ring (bicyclic) bond motifs is 1. The van der Waals surface area contributed by atoms with Crippen LogP contribution in [0.2, 0.25) is 0 Å². The van der Waals surface area contributed by atoms with Gasteiger partial charge < -0.3 is 23.7 Å². The molecule has 4 rings (SSSR count). The maximum Gasteiger partial charge on any atom is 0.338 e. The zero-order valence-corrected chi connectivity index (χ0v) is 23.2. The van der Waals surface area contributed by atoms with Gasteiger partial charge in [0.15, 0.2) is 27.8 Å². The molecule has 0 aliphatic carbocycles. The van der Waals surface area contributed by atoms with E-state index in [9.17, 15) is 14.4 Å². The predicted molar refractivity (Wildman–Crippen MR) is 144 cm³/mol. The zero-order chi connectivity index (χ0) is 28.3. The minimum Gasteiger partial charge on any atom is -0.493 e. The molecule has 1 aromatic heterocycles. The Morgan fingerprint density at radius 2 is 1.67 bits per heavy atom. The maximum absolute atomic E-state index is 13.8. The molecule has 0 spiro atoms. The second kappa shape index (κ2) is 11.6. The number of benzene rings is 2. The van der Waals surface area contributed by atoms with Crippen LogP contribution in [0.4, 0.5) is 0 Å². The molecule has 11 heteroatoms. The second-order valence-corrected chi connectivity index (χ2v) is 9.43. The van der Waals surface area contributed by atoms with E-state index in [0.717, 1.165) is 0 Å². The van der Waals surface area contributed by atoms with Crippen molar-refractivity contribution in [3.05, 3.63) is 78.5 Å². The smallest absolute Gasteiger partial charge is 0.338 e. The van der Waals surface area contributed by atoms with Crippen molar-refractivity contribution >= 4 is 29.4 Å². The van der Waals surface area contributed by atoms with Crippen LogP contribution in [0.1, 0.15) is 37.9 Å². The van der Waals surface area contributed by atoms with Crippen molar-refractivity contribution in [1.29, 1.82) is 0 Å². The van der Waals surface area contributed by atoms with Gasteiger partial charge in [0.25, 0.3) is 5.56 Å². The van der Waals surface area contributed by atoms with Crippen molar-refractivity contribution < 1.29 is 33.3 Å². The molecule has 0 N–H and O–H groups in total. The van der Waals surface area contributed by atoms with Crippen molar-refractivity contribution in [2.75, 3.05) is 27.9 Å². The van der Waals surface area contributed by atoms with Gasteiger partial charge in [-0.2, -0.15) is 0 Å². The van der Waals surface area contributed by atoms with E-state index in [0.29, 0.717) is 43.4 Å². The first-order chi connectivity index (χ1) is 18.7. The van der Waals surface area contributed by atoms with Crippen LogP contribution in [-0.4, -0.2) is 44.4 Å². The number of ether oxygens (including phenoxy) is 5. The van der Waals surface area contributed by atoms with Crippen molar-refractivity contribution in [2.45, 2.75) is 26.8 Å². The number of allylic oxidation sites excluding steroid dienone is 1. The lowest BCUT2D eigenvalue weighted by molar-refractivity contribution is -0.139. The van der Waals surface area contributed by atoms with E-state index >= 15 is 0 Å². The third kappa shape index (κ3) is 5.44. The Kier molecular flexibility index (Phi) is 8.20. The van der Waals surface area contributed by atoms with Gasteiger partial charge in [0.1, 0.15) is 0 Å². The van der Waals surface area contributed by atoms with Gasteiger partial charge in [-0.1, -0.05) is 23.5 Å². The Labute approximate surface area is 228 Å². The van der Waals surface area contributed by atoms with Crippen LogP contribution in [0.3, 0.4) is 0 Å². The molecule has 2 aromatic carbocycles. The van der Waals surface area contributed by atoms with Crippen molar-refractivity contribution in [2.24, 2.45) is 4.99 Å². The topological polar surface area (TPSA) is 115 Å². The summed E-state index contributed by atoms with van der Waals surface area (Å²) < 4.78 is 28.6. The number of rotatable bonds is 8. The highest BCUT2D eigenvalue weighted by atomic mass is 32.1. The molecule has 0 radical (unpaired) electrons. The van der Waals surface area contributed by atoms with Gasteiger partial charge in [0.05, 0.1) is 49.8 Å². The first-order valence-corrected chi connectivity index (χ1v) is 12.8. The van der Waals surface area contributed by atoms with Gasteiger partial charge >= 0.3 is 11.9 Å². The average Bonchev–Trinajstić information content (AvgIpc) is 3.21. The second-order valence-electron chi connectivity index (χ2n) is 8.42. The molecular formula is C28H28N2O8S. The largest absolute Gasteiger partial charge is 0.493 e. The Bertz CT molecular complexity index is 1650. The van der Waals surface area contributed by atoms with Crippen LogP contribution in [0.15, 0.2) is 57.5 Å². The van der Waals surface area contributed by atoms with Crippen LogP contribution < -0.4 is 33.8 Å². The molecule has 0 bridgehead atoms. The fourth-order valence-corrected chi connectivity index (χ4v) is 5.34. The summed E-state index contributed by atoms with van der Waals surface area (Å²) in [4.78, 5) is 43.3. The lowest BCUT2D eigenvalue weighted by Gasteiger charge is -2.25. The lowest BCUT2D eigenvalue weighted by atomic mass is 9.95. The van der Waals surface area contributed by atoms with Gasteiger partial charge in [-0.3, -0.25) is 14.2 Å². The number of nitrogens with zero attached hydrogens (tertiary/aromatic N) is 2. The van der Waals surface area contributed by atoms with Crippen LogP contribution in [-0.2, 0) is 14.3 Å². The Balaban J connectivity index is 1.92. The standard InChI is InChI=1S/C28H28N2O8S/c1-7-37-27(33)24-15(2)29-28-30(25(24)18-9-11-19(34-4)22(14-18)36-6)26(32)23(39-28)13-17-8-10-20(38-16(3)31)21(12-17)35-5/h8-14,25H,7H2,1-6H3/t25-/m0/s1. The summed E-state index contributed by atoms with van der Waals surface area (Å²) in [5.41, 5.74) is 1.65. The third-order valence-corrected chi connectivity index (χ3v) is 6.96. The number of carbonyl (C=O) groups excluding carboxylic acids is 2. The highest BCUT2D eigenvalue weighted by molar-refractivity contribution is 7.07. The number of aromatic nitrogens is 1. The third-order valence-electron chi connectivity index (χ3n) is 5.98. The van der Waals surface area contributed by atoms with E-state index in [2.05, 4.69) is 4.99 Å². The molecule has 2 heterocycles. The summed E-state index contributed by atoms with van der Waals surface area (Å²) in [5, 5.41) is 0. The molecule has 0 saturated carbocycles. The monoisotopic (exact) mass is 552 g/mol. The summed E-state index contributed by atoms with van der Waals surface area (Å²) >= 11 is 1.19. The minimum absolute atomic E-state index is 0.170. The summed E-state index contributed by atoms with van der Waals surface area (Å²) in [6.07, 6.45) is 1.69. The normalized spacial score (nSPS) is 14.8. The fourth-order valence-electron chi connectivity index (χ4n) is 4.29. The fraction of sp³-hybridized carbons (Fsp3) is 0.286. The first kappa shape index (κ1) is 27.6. The van der Waals surface area contributed by atoms with Crippen LogP contribution in [0.5, 0.6) is 23.0 Å². The molecule has 0 unspecified atom stereocenters. The Morgan fingerprint density at radius 3 is 2.31 bits per heavy atom. The van der Waals surface area contributed by atoms with Gasteiger partial charge in [-0.05, 0) is 55.3 Å². The quantitative estimate of drug-likeness (QED) is 0.310. The minimum atomic E-state index is -0.803. The van der Waals surface area contributed by atoms with E-state index in [4.69, 9.17) is 23.7 Å². The van der Waals surface area contributed by atoms with Crippen LogP contribution in [0.25, 0.3) is 6.08 Å². The van der Waals surface area contributed by atoms with E-state index in [1.165, 1.54) is 44.2 Å². The molecule has 10 nitrogen and oxygen atoms in total. The summed E-state index contributed by atoms with van der Waals surface area (Å²) in [6, 6.07) is 9.40. The first-order valence-electron chi connectivity index (χ1n) is 12.0. The Hall–Kier alpha value is -4.38. The SMILES string of the molecule is CCOC(=O)C1=C(C)N=c2sc(=Cc3ccc(OC(C)=O)c(OC)c3)c(=O)n2[C@H]1c1ccc(OC)c(OC)c1. The number of thiazole rings is 1. The van der Waals surface area contributed by atoms with E-state index in [-0.39, 0.29) is 23.5 Å². The van der Waals surface area contributed by atoms with Crippen molar-refractivity contribution in [3.8, 4) is 23.0 Å². The van der Waals surface area contributed by atoms with Gasteiger partial charge in [0, 0.05) is 6.92 Å². The van der Waals surface area contributed by atoms with E-state index < -0.39 is 18.0 Å². The Morgan fingerprint density at radius 1 is 1.00 bits per heavy atom. The lowest BCUT2D eigenvalue weighted by Crippen LogP contribution is -2.39. The molecule has 3 aromatic rings. The van der Waals surface area contributed by atoms with Gasteiger partial charge in [0.2, 0.25) is 0 Å². The average molecular weight is 553 g/mol. The molecule has 0 saturated heterocycles.